The zero-order chi connectivity index (χ0) is 14.4. The summed E-state index contributed by atoms with van der Waals surface area (Å²) < 4.78 is 14.2. The molecule has 0 aliphatic rings. The molecule has 0 heterocycles. The predicted octanol–water partition coefficient (Wildman–Crippen LogP) is 3.75. The highest BCUT2D eigenvalue weighted by Crippen LogP contribution is 2.22. The molecule has 2 aromatic rings. The van der Waals surface area contributed by atoms with Gasteiger partial charge in [0, 0.05) is 21.2 Å². The Morgan fingerprint density at radius 2 is 2.00 bits per heavy atom. The van der Waals surface area contributed by atoms with E-state index >= 15 is 0 Å². The molecule has 2 nitrogen and oxygen atoms in total. The van der Waals surface area contributed by atoms with Gasteiger partial charge in [-0.05, 0) is 36.2 Å². The summed E-state index contributed by atoms with van der Waals surface area (Å²) in [6.07, 6.45) is 0.820. The Bertz CT molecular complexity index is 565. The highest BCUT2D eigenvalue weighted by atomic mass is 79.9. The van der Waals surface area contributed by atoms with Crippen LogP contribution in [0.3, 0.4) is 0 Å². The van der Waals surface area contributed by atoms with Gasteiger partial charge in [0.05, 0.1) is 0 Å². The zero-order valence-electron chi connectivity index (χ0n) is 10.9. The quantitative estimate of drug-likeness (QED) is 0.471. The van der Waals surface area contributed by atoms with Crippen LogP contribution >= 0.6 is 27.7 Å². The molecular formula is C15H16BrFN2S. The van der Waals surface area contributed by atoms with Crippen LogP contribution in [0.25, 0.3) is 0 Å². The Morgan fingerprint density at radius 3 is 2.70 bits per heavy atom. The highest BCUT2D eigenvalue weighted by Gasteiger charge is 2.10. The molecular weight excluding hydrogens is 339 g/mol. The lowest BCUT2D eigenvalue weighted by atomic mass is 10.1. The maximum Gasteiger partial charge on any atom is 0.124 e. The average Bonchev–Trinajstić information content (AvgIpc) is 2.45. The third-order valence-corrected chi connectivity index (χ3v) is 4.84. The summed E-state index contributed by atoms with van der Waals surface area (Å²) in [5.74, 6) is 6.18. The van der Waals surface area contributed by atoms with E-state index in [0.29, 0.717) is 0 Å². The number of nitrogens with one attached hydrogen (secondary N) is 1. The molecule has 0 radical (unpaired) electrons. The second-order valence-electron chi connectivity index (χ2n) is 4.43. The third-order valence-electron chi connectivity index (χ3n) is 2.91. The van der Waals surface area contributed by atoms with Gasteiger partial charge < -0.3 is 0 Å². The SMILES string of the molecule is NNC(CSc1cccc(F)c1)Cc1ccccc1Br. The van der Waals surface area contributed by atoms with Crippen LogP contribution < -0.4 is 11.3 Å². The van der Waals surface area contributed by atoms with Crippen molar-refractivity contribution in [1.29, 1.82) is 0 Å². The molecule has 2 rings (SSSR count). The smallest absolute Gasteiger partial charge is 0.124 e. The number of thioether (sulfide) groups is 1. The van der Waals surface area contributed by atoms with Crippen molar-refractivity contribution in [1.82, 2.24) is 5.43 Å². The van der Waals surface area contributed by atoms with E-state index in [1.807, 2.05) is 24.3 Å². The minimum Gasteiger partial charge on any atom is -0.271 e. The standard InChI is InChI=1S/C15H16BrFN2S/c16-15-7-2-1-4-11(15)8-13(19-18)10-20-14-6-3-5-12(17)9-14/h1-7,9,13,19H,8,10,18H2. The first-order valence-corrected chi connectivity index (χ1v) is 8.05. The van der Waals surface area contributed by atoms with Crippen LogP contribution in [0.5, 0.6) is 0 Å². The molecule has 1 atom stereocenters. The summed E-state index contributed by atoms with van der Waals surface area (Å²) in [4.78, 5) is 0.914. The average molecular weight is 355 g/mol. The van der Waals surface area contributed by atoms with E-state index in [-0.39, 0.29) is 11.9 Å². The molecule has 0 bridgehead atoms. The van der Waals surface area contributed by atoms with E-state index in [0.717, 1.165) is 21.5 Å². The number of hydrogen-bond acceptors (Lipinski definition) is 3. The number of benzene rings is 2. The van der Waals surface area contributed by atoms with Crippen LogP contribution in [0, 0.1) is 5.82 Å². The van der Waals surface area contributed by atoms with Gasteiger partial charge in [-0.2, -0.15) is 0 Å². The second-order valence-corrected chi connectivity index (χ2v) is 6.38. The monoisotopic (exact) mass is 354 g/mol. The fourth-order valence-electron chi connectivity index (χ4n) is 1.85. The predicted molar refractivity (Wildman–Crippen MR) is 86.1 cm³/mol. The summed E-state index contributed by atoms with van der Waals surface area (Å²) in [7, 11) is 0. The van der Waals surface area contributed by atoms with Gasteiger partial charge in [-0.3, -0.25) is 11.3 Å². The molecule has 0 saturated heterocycles. The number of hydrogen-bond donors (Lipinski definition) is 2. The Morgan fingerprint density at radius 1 is 1.20 bits per heavy atom. The van der Waals surface area contributed by atoms with Crippen LogP contribution in [-0.4, -0.2) is 11.8 Å². The van der Waals surface area contributed by atoms with Crippen molar-refractivity contribution >= 4 is 27.7 Å². The summed E-state index contributed by atoms with van der Waals surface area (Å²) in [6, 6.07) is 14.8. The molecule has 0 saturated carbocycles. The molecule has 0 amide bonds. The molecule has 2 aromatic carbocycles. The molecule has 106 valence electrons. The van der Waals surface area contributed by atoms with Gasteiger partial charge in [-0.25, -0.2) is 4.39 Å². The fourth-order valence-corrected chi connectivity index (χ4v) is 3.27. The van der Waals surface area contributed by atoms with Crippen molar-refractivity contribution in [3.05, 3.63) is 64.4 Å². The molecule has 1 unspecified atom stereocenters. The molecule has 3 N–H and O–H groups in total. The van der Waals surface area contributed by atoms with E-state index in [9.17, 15) is 4.39 Å². The van der Waals surface area contributed by atoms with Crippen molar-refractivity contribution in [2.24, 2.45) is 5.84 Å². The van der Waals surface area contributed by atoms with Gasteiger partial charge in [0.1, 0.15) is 5.82 Å². The summed E-state index contributed by atoms with van der Waals surface area (Å²) in [6.45, 7) is 0. The summed E-state index contributed by atoms with van der Waals surface area (Å²) in [5.41, 5.74) is 4.03. The van der Waals surface area contributed by atoms with E-state index < -0.39 is 0 Å². The van der Waals surface area contributed by atoms with Crippen molar-refractivity contribution in [3.63, 3.8) is 0 Å². The lowest BCUT2D eigenvalue weighted by Crippen LogP contribution is -2.38. The van der Waals surface area contributed by atoms with E-state index in [1.165, 1.54) is 17.7 Å². The Labute approximate surface area is 131 Å². The maximum atomic E-state index is 13.1. The van der Waals surface area contributed by atoms with Crippen LogP contribution in [0.4, 0.5) is 4.39 Å². The fraction of sp³-hybridized carbons (Fsp3) is 0.200. The maximum absolute atomic E-state index is 13.1. The van der Waals surface area contributed by atoms with Crippen molar-refractivity contribution in [3.8, 4) is 0 Å². The van der Waals surface area contributed by atoms with Crippen molar-refractivity contribution in [2.45, 2.75) is 17.4 Å². The first kappa shape index (κ1) is 15.5. The zero-order valence-corrected chi connectivity index (χ0v) is 13.3. The largest absolute Gasteiger partial charge is 0.271 e. The molecule has 0 aliphatic heterocycles. The topological polar surface area (TPSA) is 38.0 Å². The molecule has 0 fully saturated rings. The number of halogens is 2. The van der Waals surface area contributed by atoms with Gasteiger partial charge in [0.2, 0.25) is 0 Å². The normalized spacial score (nSPS) is 12.3. The summed E-state index contributed by atoms with van der Waals surface area (Å²) >= 11 is 5.13. The number of rotatable bonds is 6. The molecule has 0 spiro atoms. The van der Waals surface area contributed by atoms with Gasteiger partial charge in [0.15, 0.2) is 0 Å². The van der Waals surface area contributed by atoms with Crippen molar-refractivity contribution < 1.29 is 4.39 Å². The molecule has 0 aromatic heterocycles. The Balaban J connectivity index is 1.94. The van der Waals surface area contributed by atoms with Crippen molar-refractivity contribution in [2.75, 3.05) is 5.75 Å². The summed E-state index contributed by atoms with van der Waals surface area (Å²) in [5, 5.41) is 0. The minimum absolute atomic E-state index is 0.127. The first-order chi connectivity index (χ1) is 9.69. The van der Waals surface area contributed by atoms with Gasteiger partial charge in [-0.15, -0.1) is 11.8 Å². The number of hydrazine groups is 1. The number of nitrogens with two attached hydrogens (primary N) is 1. The van der Waals surface area contributed by atoms with Crippen LogP contribution in [0.15, 0.2) is 57.9 Å². The van der Waals surface area contributed by atoms with Crippen LogP contribution in [0.2, 0.25) is 0 Å². The Kier molecular flexibility index (Phi) is 6.04. The van der Waals surface area contributed by atoms with Gasteiger partial charge >= 0.3 is 0 Å². The van der Waals surface area contributed by atoms with Gasteiger partial charge in [0.25, 0.3) is 0 Å². The van der Waals surface area contributed by atoms with Crippen LogP contribution in [-0.2, 0) is 6.42 Å². The van der Waals surface area contributed by atoms with E-state index in [4.69, 9.17) is 5.84 Å². The minimum atomic E-state index is -0.210. The lowest BCUT2D eigenvalue weighted by molar-refractivity contribution is 0.574. The van der Waals surface area contributed by atoms with Crippen LogP contribution in [0.1, 0.15) is 5.56 Å². The van der Waals surface area contributed by atoms with E-state index in [2.05, 4.69) is 27.4 Å². The second kappa shape index (κ2) is 7.78. The van der Waals surface area contributed by atoms with E-state index in [1.54, 1.807) is 17.8 Å². The third kappa shape index (κ3) is 4.59. The lowest BCUT2D eigenvalue weighted by Gasteiger charge is -2.16. The Hall–Kier alpha value is -0.880. The first-order valence-electron chi connectivity index (χ1n) is 6.27. The molecule has 20 heavy (non-hydrogen) atoms. The highest BCUT2D eigenvalue weighted by molar-refractivity contribution is 9.10. The molecule has 0 aliphatic carbocycles. The molecule has 5 heteroatoms. The van der Waals surface area contributed by atoms with Gasteiger partial charge in [-0.1, -0.05) is 40.2 Å².